The number of aliphatic hydroxyl groups is 1. The number of phosphoric ester groups is 1. The summed E-state index contributed by atoms with van der Waals surface area (Å²) in [6.45, 7) is 22.9. The summed E-state index contributed by atoms with van der Waals surface area (Å²) in [5.74, 6) is 1.26. The Bertz CT molecular complexity index is 1760. The number of unbranched alkanes of at least 4 members (excludes halogenated alkanes) is 24. The Morgan fingerprint density at radius 3 is 1.61 bits per heavy atom. The number of ether oxygens (including phenoxy) is 2. The van der Waals surface area contributed by atoms with Crippen molar-refractivity contribution in [2.45, 2.75) is 312 Å². The van der Waals surface area contributed by atoms with Gasteiger partial charge in [-0.05, 0) is 141 Å². The summed E-state index contributed by atoms with van der Waals surface area (Å²) in [6, 6.07) is 0. The van der Waals surface area contributed by atoms with Crippen LogP contribution < -0.4 is 34.5 Å². The van der Waals surface area contributed by atoms with Crippen molar-refractivity contribution in [3.8, 4) is 0 Å². The van der Waals surface area contributed by atoms with Crippen molar-refractivity contribution in [1.29, 1.82) is 0 Å². The van der Waals surface area contributed by atoms with Gasteiger partial charge >= 0.3 is 41.5 Å². The van der Waals surface area contributed by atoms with E-state index in [4.69, 9.17) is 18.5 Å². The third kappa shape index (κ3) is 18.6. The molecule has 0 aromatic heterocycles. The normalized spacial score (nSPS) is 31.7. The maximum absolute atomic E-state index is 13.9. The van der Waals surface area contributed by atoms with E-state index in [-0.39, 0.29) is 101 Å². The number of carbonyl (C=O) groups excluding carboxylic acids is 2. The molecule has 0 radical (unpaired) electrons. The first-order valence-corrected chi connectivity index (χ1v) is 33.5. The predicted molar refractivity (Wildman–Crippen MR) is 306 cm³/mol. The molecule has 76 heavy (non-hydrogen) atoms. The van der Waals surface area contributed by atoms with E-state index in [1.54, 1.807) is 0 Å². The van der Waals surface area contributed by atoms with Crippen LogP contribution in [0.2, 0.25) is 0 Å². The molecule has 436 valence electrons. The first-order valence-electron chi connectivity index (χ1n) is 32.1. The van der Waals surface area contributed by atoms with Crippen LogP contribution in [0.4, 0.5) is 0 Å². The zero-order valence-electron chi connectivity index (χ0n) is 50.9. The van der Waals surface area contributed by atoms with Crippen molar-refractivity contribution in [1.82, 2.24) is 0 Å². The molecule has 5 rings (SSSR count). The van der Waals surface area contributed by atoms with E-state index in [1.807, 2.05) is 0 Å². The van der Waals surface area contributed by atoms with Gasteiger partial charge in [0, 0.05) is 12.8 Å². The summed E-state index contributed by atoms with van der Waals surface area (Å²) in [6.07, 6.45) is 41.1. The molecule has 5 aliphatic rings. The van der Waals surface area contributed by atoms with Crippen LogP contribution in [0.1, 0.15) is 299 Å². The SMILES string of the molecule is C=C(C)[C@@H]1CC[C@]2(COP(=O)([O-])OCC(COC(=O)CCCCCCCCCCCCCCC)OC(=O)CCCCCCCCCCCCCCC)CC[C@]3(C)[C@H](CC[C@@H]4[C@@]5(C)CC[C@H](O)C(C)(C)[C@@H]5CC[C@]43C)[C@@H]12.[Na+]. The number of rotatable bonds is 38. The van der Waals surface area contributed by atoms with E-state index in [1.165, 1.54) is 140 Å². The average molecular weight is 1100 g/mol. The van der Waals surface area contributed by atoms with E-state index in [9.17, 15) is 24.2 Å². The number of phosphoric acid groups is 1. The van der Waals surface area contributed by atoms with E-state index in [2.05, 4.69) is 62.0 Å². The maximum Gasteiger partial charge on any atom is 1.00 e. The summed E-state index contributed by atoms with van der Waals surface area (Å²) in [5.41, 5.74) is 1.18. The van der Waals surface area contributed by atoms with Gasteiger partial charge in [0.1, 0.15) is 6.61 Å². The molecule has 0 aromatic rings. The van der Waals surface area contributed by atoms with E-state index >= 15 is 0 Å². The van der Waals surface area contributed by atoms with Gasteiger partial charge in [0.2, 0.25) is 0 Å². The summed E-state index contributed by atoms with van der Waals surface area (Å²) >= 11 is 0. The number of esters is 2. The first kappa shape index (κ1) is 68.3. The average Bonchev–Trinajstić information content (AvgIpc) is 3.79. The molecule has 1 N–H and O–H groups in total. The first-order chi connectivity index (χ1) is 35.8. The maximum atomic E-state index is 13.9. The van der Waals surface area contributed by atoms with Gasteiger partial charge in [-0.25, -0.2) is 0 Å². The molecule has 0 saturated heterocycles. The second kappa shape index (κ2) is 33.1. The molecule has 0 spiro atoms. The molecule has 0 amide bonds. The molecule has 5 saturated carbocycles. The van der Waals surface area contributed by atoms with E-state index in [0.29, 0.717) is 30.1 Å². The molecule has 0 aliphatic heterocycles. The van der Waals surface area contributed by atoms with E-state index < -0.39 is 26.5 Å². The van der Waals surface area contributed by atoms with Gasteiger partial charge in [-0.3, -0.25) is 14.2 Å². The zero-order chi connectivity index (χ0) is 54.6. The van der Waals surface area contributed by atoms with Crippen molar-refractivity contribution in [3.63, 3.8) is 0 Å². The molecule has 12 atom stereocenters. The van der Waals surface area contributed by atoms with Crippen molar-refractivity contribution < 1.29 is 72.2 Å². The van der Waals surface area contributed by atoms with Crippen molar-refractivity contribution in [2.24, 2.45) is 56.7 Å². The van der Waals surface area contributed by atoms with Crippen LogP contribution in [0.25, 0.3) is 0 Å². The Kier molecular flexibility index (Phi) is 29.8. The largest absolute Gasteiger partial charge is 1.00 e. The zero-order valence-corrected chi connectivity index (χ0v) is 53.8. The Morgan fingerprint density at radius 2 is 1.09 bits per heavy atom. The van der Waals surface area contributed by atoms with Gasteiger partial charge in [0.15, 0.2) is 6.10 Å². The van der Waals surface area contributed by atoms with E-state index in [0.717, 1.165) is 89.9 Å². The minimum absolute atomic E-state index is 0. The van der Waals surface area contributed by atoms with Crippen LogP contribution in [0, 0.1) is 56.7 Å². The molecule has 9 nitrogen and oxygen atoms in total. The van der Waals surface area contributed by atoms with Crippen LogP contribution in [-0.4, -0.2) is 49.1 Å². The molecule has 11 heteroatoms. The van der Waals surface area contributed by atoms with Crippen LogP contribution >= 0.6 is 7.82 Å². The molecular formula is C65H116NaO9P. The summed E-state index contributed by atoms with van der Waals surface area (Å²) < 4.78 is 37.0. The Balaban J connectivity index is 0.0000125. The minimum Gasteiger partial charge on any atom is -0.756 e. The predicted octanol–water partition coefficient (Wildman–Crippen LogP) is 14.9. The van der Waals surface area contributed by atoms with Crippen LogP contribution in [0.5, 0.6) is 0 Å². The van der Waals surface area contributed by atoms with Crippen LogP contribution in [-0.2, 0) is 32.7 Å². The molecule has 0 heterocycles. The summed E-state index contributed by atoms with van der Waals surface area (Å²) in [4.78, 5) is 40.1. The van der Waals surface area contributed by atoms with Gasteiger partial charge in [-0.1, -0.05) is 215 Å². The molecule has 0 aromatic carbocycles. The van der Waals surface area contributed by atoms with Crippen molar-refractivity contribution in [2.75, 3.05) is 19.8 Å². The second-order valence-corrected chi connectivity index (χ2v) is 28.6. The number of carbonyl (C=O) groups is 2. The number of fused-ring (bicyclic) bond motifs is 7. The Hall–Kier alpha value is -0.250. The van der Waals surface area contributed by atoms with Gasteiger partial charge in [-0.2, -0.15) is 0 Å². The fourth-order valence-corrected chi connectivity index (χ4v) is 18.0. The third-order valence-electron chi connectivity index (χ3n) is 21.8. The number of allylic oxidation sites excluding steroid dienone is 1. The standard InChI is InChI=1S/C65H117O9P.Na/c1-10-12-14-16-18-20-22-24-26-28-30-32-34-36-58(67)71-48-52(74-59(68)37-35-33-31-29-27-25-23-21-19-17-15-13-11-2)49-72-75(69,70)73-50-65-45-40-53(51(3)4)60(65)54-38-39-56-62(7)43-42-57(66)61(5,6)55(62)41-44-64(56,9)63(54,8)46-47-65;/h52-57,60,66H,3,10-50H2,1-2,4-9H3,(H,69,70);/q;+1/p-1/t52?,53-,54+,55-,56+,57-,60+,62-,63+,64+,65+;/m0./s1. The number of aliphatic hydroxyl groups excluding tert-OH is 1. The summed E-state index contributed by atoms with van der Waals surface area (Å²) in [5, 5.41) is 11.2. The molecule has 0 bridgehead atoms. The quantitative estimate of drug-likeness (QED) is 0.0211. The smallest absolute Gasteiger partial charge is 0.756 e. The minimum atomic E-state index is -4.85. The number of hydrogen-bond acceptors (Lipinski definition) is 9. The fourth-order valence-electron chi connectivity index (χ4n) is 17.1. The second-order valence-electron chi connectivity index (χ2n) is 27.2. The van der Waals surface area contributed by atoms with Gasteiger partial charge in [0.25, 0.3) is 7.82 Å². The topological polar surface area (TPSA) is 131 Å². The molecule has 2 unspecified atom stereocenters. The summed E-state index contributed by atoms with van der Waals surface area (Å²) in [7, 11) is -4.85. The Morgan fingerprint density at radius 1 is 0.592 bits per heavy atom. The van der Waals surface area contributed by atoms with Crippen LogP contribution in [0.3, 0.4) is 0 Å². The molecular weight excluding hydrogens is 979 g/mol. The number of hydrogen-bond donors (Lipinski definition) is 1. The van der Waals surface area contributed by atoms with Gasteiger partial charge < -0.3 is 28.5 Å². The van der Waals surface area contributed by atoms with Gasteiger partial charge in [0.05, 0.1) is 19.3 Å². The monoisotopic (exact) mass is 1090 g/mol. The molecule has 5 fully saturated rings. The van der Waals surface area contributed by atoms with Crippen molar-refractivity contribution >= 4 is 19.8 Å². The van der Waals surface area contributed by atoms with Crippen LogP contribution in [0.15, 0.2) is 12.2 Å². The van der Waals surface area contributed by atoms with Crippen molar-refractivity contribution in [3.05, 3.63) is 12.2 Å². The van der Waals surface area contributed by atoms with Gasteiger partial charge in [-0.15, -0.1) is 0 Å². The third-order valence-corrected chi connectivity index (χ3v) is 22.8. The fraction of sp³-hybridized carbons (Fsp3) is 0.938. The molecule has 5 aliphatic carbocycles. The Labute approximate surface area is 489 Å².